The van der Waals surface area contributed by atoms with E-state index < -0.39 is 0 Å². The molecule has 0 bridgehead atoms. The Bertz CT molecular complexity index is 996. The Morgan fingerprint density at radius 3 is 2.80 bits per heavy atom. The molecule has 6 nitrogen and oxygen atoms in total. The largest absolute Gasteiger partial charge is 0.497 e. The van der Waals surface area contributed by atoms with E-state index in [0.717, 1.165) is 35.8 Å². The lowest BCUT2D eigenvalue weighted by Gasteiger charge is -2.33. The van der Waals surface area contributed by atoms with Crippen molar-refractivity contribution in [1.29, 1.82) is 0 Å². The van der Waals surface area contributed by atoms with E-state index in [2.05, 4.69) is 39.5 Å². The summed E-state index contributed by atoms with van der Waals surface area (Å²) in [6, 6.07) is 18.0. The number of ether oxygens (including phenoxy) is 1. The average molecular weight is 405 g/mol. The molecule has 4 rings (SSSR count). The van der Waals surface area contributed by atoms with E-state index in [-0.39, 0.29) is 5.91 Å². The molecule has 30 heavy (non-hydrogen) atoms. The van der Waals surface area contributed by atoms with Gasteiger partial charge in [0.15, 0.2) is 0 Å². The lowest BCUT2D eigenvalue weighted by atomic mass is 10.0. The molecule has 2 N–H and O–H groups in total. The second kappa shape index (κ2) is 9.13. The zero-order chi connectivity index (χ0) is 20.9. The Morgan fingerprint density at radius 1 is 1.20 bits per heavy atom. The number of methoxy groups -OCH3 is 1. The van der Waals surface area contributed by atoms with Crippen LogP contribution in [-0.2, 0) is 6.54 Å². The second-order valence-electron chi connectivity index (χ2n) is 7.87. The lowest BCUT2D eigenvalue weighted by Crippen LogP contribution is -2.36. The van der Waals surface area contributed by atoms with Gasteiger partial charge in [-0.1, -0.05) is 18.6 Å². The van der Waals surface area contributed by atoms with E-state index in [0.29, 0.717) is 11.7 Å². The van der Waals surface area contributed by atoms with Crippen molar-refractivity contribution in [1.82, 2.24) is 15.1 Å². The summed E-state index contributed by atoms with van der Waals surface area (Å²) >= 11 is 0. The minimum Gasteiger partial charge on any atom is -0.497 e. The number of piperidine rings is 1. The van der Waals surface area contributed by atoms with E-state index in [1.807, 2.05) is 36.4 Å². The van der Waals surface area contributed by atoms with Gasteiger partial charge in [-0.05, 0) is 74.3 Å². The fraction of sp³-hybridized carbons (Fsp3) is 0.333. The molecule has 2 aromatic carbocycles. The topological polar surface area (TPSA) is 70.2 Å². The second-order valence-corrected chi connectivity index (χ2v) is 7.87. The highest BCUT2D eigenvalue weighted by molar-refractivity contribution is 6.03. The van der Waals surface area contributed by atoms with Crippen LogP contribution in [0.1, 0.15) is 42.2 Å². The van der Waals surface area contributed by atoms with Crippen LogP contribution < -0.4 is 10.1 Å². The predicted molar refractivity (Wildman–Crippen MR) is 119 cm³/mol. The van der Waals surface area contributed by atoms with E-state index in [4.69, 9.17) is 4.74 Å². The molecule has 2 heterocycles. The molecule has 0 spiro atoms. The number of rotatable bonds is 6. The van der Waals surface area contributed by atoms with Crippen molar-refractivity contribution in [3.63, 3.8) is 0 Å². The van der Waals surface area contributed by atoms with Gasteiger partial charge in [-0.3, -0.25) is 14.8 Å². The SMILES string of the molecule is COc1ccc(-c2cc(C(=O)Nc3cccc(CN4CCCC[C@@H]4C)c3)[nH]n2)cc1. The molecule has 0 unspecified atom stereocenters. The molecule has 156 valence electrons. The number of hydrogen-bond donors (Lipinski definition) is 2. The number of hydrogen-bond acceptors (Lipinski definition) is 4. The summed E-state index contributed by atoms with van der Waals surface area (Å²) in [6.07, 6.45) is 3.83. The molecule has 0 radical (unpaired) electrons. The maximum Gasteiger partial charge on any atom is 0.273 e. The quantitative estimate of drug-likeness (QED) is 0.624. The van der Waals surface area contributed by atoms with Crippen molar-refractivity contribution in [2.24, 2.45) is 0 Å². The number of likely N-dealkylation sites (tertiary alicyclic amines) is 1. The number of benzene rings is 2. The summed E-state index contributed by atoms with van der Waals surface area (Å²) in [4.78, 5) is 15.2. The molecule has 1 atom stereocenters. The first-order chi connectivity index (χ1) is 14.6. The van der Waals surface area contributed by atoms with Gasteiger partial charge in [-0.2, -0.15) is 5.10 Å². The highest BCUT2D eigenvalue weighted by Crippen LogP contribution is 2.23. The van der Waals surface area contributed by atoms with Crippen molar-refractivity contribution in [2.75, 3.05) is 19.0 Å². The first-order valence-corrected chi connectivity index (χ1v) is 10.5. The molecule has 6 heteroatoms. The summed E-state index contributed by atoms with van der Waals surface area (Å²) in [7, 11) is 1.63. The molecular weight excluding hydrogens is 376 g/mol. The summed E-state index contributed by atoms with van der Waals surface area (Å²) in [6.45, 7) is 4.35. The standard InChI is InChI=1S/C24H28N4O2/c1-17-6-3-4-13-28(17)16-18-7-5-8-20(14-18)25-24(29)23-15-22(26-27-23)19-9-11-21(30-2)12-10-19/h5,7-12,14-15,17H,3-4,6,13,16H2,1-2H3,(H,25,29)(H,26,27)/t17-/m0/s1. The number of nitrogens with one attached hydrogen (secondary N) is 2. The number of aromatic amines is 1. The number of H-pyrrole nitrogens is 1. The normalized spacial score (nSPS) is 16.9. The number of carbonyl (C=O) groups is 1. The van der Waals surface area contributed by atoms with Crippen LogP contribution in [0.15, 0.2) is 54.6 Å². The number of amides is 1. The van der Waals surface area contributed by atoms with Gasteiger partial charge in [0.1, 0.15) is 11.4 Å². The zero-order valence-electron chi connectivity index (χ0n) is 17.5. The molecule has 0 saturated carbocycles. The van der Waals surface area contributed by atoms with Crippen molar-refractivity contribution >= 4 is 11.6 Å². The van der Waals surface area contributed by atoms with Gasteiger partial charge in [0, 0.05) is 23.8 Å². The minimum atomic E-state index is -0.203. The van der Waals surface area contributed by atoms with Gasteiger partial charge < -0.3 is 10.1 Å². The number of nitrogens with zero attached hydrogens (tertiary/aromatic N) is 2. The van der Waals surface area contributed by atoms with E-state index in [1.54, 1.807) is 13.2 Å². The van der Waals surface area contributed by atoms with Gasteiger partial charge in [-0.25, -0.2) is 0 Å². The molecule has 1 fully saturated rings. The zero-order valence-corrected chi connectivity index (χ0v) is 17.5. The first-order valence-electron chi connectivity index (χ1n) is 10.5. The smallest absolute Gasteiger partial charge is 0.273 e. The maximum atomic E-state index is 12.7. The monoisotopic (exact) mass is 404 g/mol. The minimum absolute atomic E-state index is 0.203. The van der Waals surface area contributed by atoms with Crippen LogP contribution in [0.2, 0.25) is 0 Å². The third-order valence-electron chi connectivity index (χ3n) is 5.72. The molecular formula is C24H28N4O2. The van der Waals surface area contributed by atoms with E-state index in [9.17, 15) is 4.79 Å². The van der Waals surface area contributed by atoms with Gasteiger partial charge in [0.25, 0.3) is 5.91 Å². The van der Waals surface area contributed by atoms with Crippen molar-refractivity contribution in [3.8, 4) is 17.0 Å². The molecule has 0 aliphatic carbocycles. The third-order valence-corrected chi connectivity index (χ3v) is 5.72. The first kappa shape index (κ1) is 20.2. The number of carbonyl (C=O) groups excluding carboxylic acids is 1. The van der Waals surface area contributed by atoms with Crippen LogP contribution in [-0.4, -0.2) is 40.7 Å². The molecule has 1 aromatic heterocycles. The molecule has 1 aliphatic rings. The van der Waals surface area contributed by atoms with Crippen molar-refractivity contribution in [2.45, 2.75) is 38.8 Å². The Balaban J connectivity index is 1.42. The Morgan fingerprint density at radius 2 is 2.03 bits per heavy atom. The fourth-order valence-electron chi connectivity index (χ4n) is 3.92. The Kier molecular flexibility index (Phi) is 6.14. The van der Waals surface area contributed by atoms with E-state index in [1.165, 1.54) is 24.8 Å². The van der Waals surface area contributed by atoms with Gasteiger partial charge in [0.05, 0.1) is 12.8 Å². The van der Waals surface area contributed by atoms with E-state index >= 15 is 0 Å². The summed E-state index contributed by atoms with van der Waals surface area (Å²) < 4.78 is 5.18. The Labute approximate surface area is 177 Å². The van der Waals surface area contributed by atoms with Crippen LogP contribution in [0, 0.1) is 0 Å². The lowest BCUT2D eigenvalue weighted by molar-refractivity contribution is 0.102. The summed E-state index contributed by atoms with van der Waals surface area (Å²) in [5.74, 6) is 0.580. The van der Waals surface area contributed by atoms with Crippen LogP contribution in [0.5, 0.6) is 5.75 Å². The molecule has 3 aromatic rings. The maximum absolute atomic E-state index is 12.7. The van der Waals surface area contributed by atoms with Crippen LogP contribution >= 0.6 is 0 Å². The third kappa shape index (κ3) is 4.71. The highest BCUT2D eigenvalue weighted by atomic mass is 16.5. The Hall–Kier alpha value is -3.12. The van der Waals surface area contributed by atoms with Crippen molar-refractivity contribution < 1.29 is 9.53 Å². The van der Waals surface area contributed by atoms with Gasteiger partial charge in [-0.15, -0.1) is 0 Å². The van der Waals surface area contributed by atoms with Crippen LogP contribution in [0.3, 0.4) is 0 Å². The summed E-state index contributed by atoms with van der Waals surface area (Å²) in [5, 5.41) is 10.1. The fourth-order valence-corrected chi connectivity index (χ4v) is 3.92. The predicted octanol–water partition coefficient (Wildman–Crippen LogP) is 4.71. The van der Waals surface area contributed by atoms with Crippen LogP contribution in [0.25, 0.3) is 11.3 Å². The average Bonchev–Trinajstić information content (AvgIpc) is 3.26. The number of aromatic nitrogens is 2. The van der Waals surface area contributed by atoms with Gasteiger partial charge in [0.2, 0.25) is 0 Å². The highest BCUT2D eigenvalue weighted by Gasteiger charge is 2.18. The molecule has 1 amide bonds. The number of anilines is 1. The molecule has 1 saturated heterocycles. The van der Waals surface area contributed by atoms with Crippen LogP contribution in [0.4, 0.5) is 5.69 Å². The van der Waals surface area contributed by atoms with Gasteiger partial charge >= 0.3 is 0 Å². The molecule has 1 aliphatic heterocycles. The summed E-state index contributed by atoms with van der Waals surface area (Å²) in [5.41, 5.74) is 4.07. The van der Waals surface area contributed by atoms with Crippen molar-refractivity contribution in [3.05, 3.63) is 65.9 Å².